The Labute approximate surface area is 146 Å². The molecule has 2 N–H and O–H groups in total. The van der Waals surface area contributed by atoms with Gasteiger partial charge in [-0.2, -0.15) is 0 Å². The molecule has 0 radical (unpaired) electrons. The van der Waals surface area contributed by atoms with Gasteiger partial charge in [-0.05, 0) is 36.8 Å². The number of hydrogen-bond donors (Lipinski definition) is 2. The summed E-state index contributed by atoms with van der Waals surface area (Å²) < 4.78 is 5.08. The predicted molar refractivity (Wildman–Crippen MR) is 94.3 cm³/mol. The van der Waals surface area contributed by atoms with E-state index in [0.29, 0.717) is 16.3 Å². The van der Waals surface area contributed by atoms with E-state index in [1.54, 1.807) is 37.4 Å². The maximum absolute atomic E-state index is 12.1. The van der Waals surface area contributed by atoms with Crippen molar-refractivity contribution < 1.29 is 14.3 Å². The van der Waals surface area contributed by atoms with Gasteiger partial charge in [-0.15, -0.1) is 0 Å². The van der Waals surface area contributed by atoms with Crippen molar-refractivity contribution in [3.05, 3.63) is 64.7 Å². The normalized spacial score (nSPS) is 11.5. The van der Waals surface area contributed by atoms with Gasteiger partial charge in [-0.1, -0.05) is 35.9 Å². The average molecular weight is 347 g/mol. The Morgan fingerprint density at radius 1 is 1.12 bits per heavy atom. The molecule has 0 heterocycles. The first-order valence-corrected chi connectivity index (χ1v) is 7.87. The van der Waals surface area contributed by atoms with Gasteiger partial charge in [0.15, 0.2) is 6.61 Å². The maximum atomic E-state index is 12.1. The first kappa shape index (κ1) is 17.8. The Morgan fingerprint density at radius 2 is 1.79 bits per heavy atom. The summed E-state index contributed by atoms with van der Waals surface area (Å²) >= 11 is 5.84. The van der Waals surface area contributed by atoms with E-state index in [-0.39, 0.29) is 18.6 Å². The lowest BCUT2D eigenvalue weighted by molar-refractivity contribution is -0.124. The van der Waals surface area contributed by atoms with Crippen molar-refractivity contribution >= 4 is 29.2 Å². The van der Waals surface area contributed by atoms with Crippen LogP contribution in [0.5, 0.6) is 0 Å². The number of halogens is 1. The third kappa shape index (κ3) is 4.73. The lowest BCUT2D eigenvalue weighted by atomic mass is 10.1. The summed E-state index contributed by atoms with van der Waals surface area (Å²) in [5, 5.41) is 6.32. The van der Waals surface area contributed by atoms with Crippen molar-refractivity contribution in [1.29, 1.82) is 0 Å². The molecule has 0 aliphatic carbocycles. The van der Waals surface area contributed by atoms with Gasteiger partial charge >= 0.3 is 5.97 Å². The lowest BCUT2D eigenvalue weighted by Crippen LogP contribution is -2.31. The standard InChI is InChI=1S/C18H19ClN2O3/c1-12(13-7-9-14(19)10-8-13)21-17(22)11-24-18(23)15-5-3-4-6-16(15)20-2/h3-10,12,20H,11H2,1-2H3,(H,21,22)/t12-/m0/s1. The SMILES string of the molecule is CNc1ccccc1C(=O)OCC(=O)N[C@@H](C)c1ccc(Cl)cc1. The van der Waals surface area contributed by atoms with Crippen molar-refractivity contribution in [2.75, 3.05) is 19.0 Å². The van der Waals surface area contributed by atoms with Crippen LogP contribution in [0.2, 0.25) is 5.02 Å². The van der Waals surface area contributed by atoms with Crippen LogP contribution in [0.25, 0.3) is 0 Å². The number of hydrogen-bond acceptors (Lipinski definition) is 4. The number of para-hydroxylation sites is 1. The summed E-state index contributed by atoms with van der Waals surface area (Å²) in [6.45, 7) is 1.51. The summed E-state index contributed by atoms with van der Waals surface area (Å²) in [6, 6.07) is 13.9. The Bertz CT molecular complexity index is 716. The maximum Gasteiger partial charge on any atom is 0.340 e. The highest BCUT2D eigenvalue weighted by molar-refractivity contribution is 6.30. The zero-order valence-corrected chi connectivity index (χ0v) is 14.3. The van der Waals surface area contributed by atoms with E-state index in [1.807, 2.05) is 25.1 Å². The highest BCUT2D eigenvalue weighted by atomic mass is 35.5. The second kappa shape index (κ2) is 8.36. The number of anilines is 1. The van der Waals surface area contributed by atoms with Crippen LogP contribution in [0.4, 0.5) is 5.69 Å². The monoisotopic (exact) mass is 346 g/mol. The van der Waals surface area contributed by atoms with Gasteiger partial charge in [-0.25, -0.2) is 4.79 Å². The van der Waals surface area contributed by atoms with Gasteiger partial charge < -0.3 is 15.4 Å². The van der Waals surface area contributed by atoms with E-state index in [0.717, 1.165) is 5.56 Å². The molecule has 6 heteroatoms. The molecule has 0 saturated carbocycles. The Balaban J connectivity index is 1.88. The molecule has 5 nitrogen and oxygen atoms in total. The van der Waals surface area contributed by atoms with Crippen molar-refractivity contribution in [1.82, 2.24) is 5.32 Å². The molecule has 0 aliphatic rings. The van der Waals surface area contributed by atoms with Gasteiger partial charge in [0.25, 0.3) is 5.91 Å². The van der Waals surface area contributed by atoms with Crippen LogP contribution in [0.1, 0.15) is 28.9 Å². The van der Waals surface area contributed by atoms with E-state index < -0.39 is 5.97 Å². The molecular formula is C18H19ClN2O3. The van der Waals surface area contributed by atoms with E-state index in [2.05, 4.69) is 10.6 Å². The average Bonchev–Trinajstić information content (AvgIpc) is 2.60. The van der Waals surface area contributed by atoms with Crippen molar-refractivity contribution in [2.45, 2.75) is 13.0 Å². The number of rotatable bonds is 6. The summed E-state index contributed by atoms with van der Waals surface area (Å²) in [5.74, 6) is -0.915. The molecule has 0 fully saturated rings. The van der Waals surface area contributed by atoms with Gasteiger partial charge in [0.2, 0.25) is 0 Å². The van der Waals surface area contributed by atoms with E-state index >= 15 is 0 Å². The topological polar surface area (TPSA) is 67.4 Å². The molecule has 1 atom stereocenters. The minimum absolute atomic E-state index is 0.210. The van der Waals surface area contributed by atoms with Crippen LogP contribution in [-0.2, 0) is 9.53 Å². The molecule has 0 aliphatic heterocycles. The summed E-state index contributed by atoms with van der Waals surface area (Å²) in [6.07, 6.45) is 0. The fourth-order valence-electron chi connectivity index (χ4n) is 2.21. The van der Waals surface area contributed by atoms with Gasteiger partial charge in [0, 0.05) is 17.8 Å². The van der Waals surface area contributed by atoms with Crippen molar-refractivity contribution in [2.24, 2.45) is 0 Å². The Kier molecular flexibility index (Phi) is 6.21. The minimum Gasteiger partial charge on any atom is -0.452 e. The molecule has 1 amide bonds. The van der Waals surface area contributed by atoms with Crippen LogP contribution in [0.3, 0.4) is 0 Å². The van der Waals surface area contributed by atoms with Crippen molar-refractivity contribution in [3.63, 3.8) is 0 Å². The molecule has 2 aromatic rings. The largest absolute Gasteiger partial charge is 0.452 e. The Hall–Kier alpha value is -2.53. The molecular weight excluding hydrogens is 328 g/mol. The van der Waals surface area contributed by atoms with Crippen LogP contribution in [-0.4, -0.2) is 25.5 Å². The first-order valence-electron chi connectivity index (χ1n) is 7.50. The molecule has 0 spiro atoms. The fourth-order valence-corrected chi connectivity index (χ4v) is 2.33. The highest BCUT2D eigenvalue weighted by Crippen LogP contribution is 2.17. The molecule has 24 heavy (non-hydrogen) atoms. The minimum atomic E-state index is -0.547. The number of carbonyl (C=O) groups excluding carboxylic acids is 2. The van der Waals surface area contributed by atoms with Gasteiger partial charge in [0.05, 0.1) is 11.6 Å². The molecule has 0 unspecified atom stereocenters. The third-order valence-corrected chi connectivity index (χ3v) is 3.75. The number of esters is 1. The first-order chi connectivity index (χ1) is 11.5. The second-order valence-electron chi connectivity index (χ2n) is 5.21. The van der Waals surface area contributed by atoms with Crippen molar-refractivity contribution in [3.8, 4) is 0 Å². The van der Waals surface area contributed by atoms with Crippen LogP contribution in [0, 0.1) is 0 Å². The molecule has 2 aromatic carbocycles. The Morgan fingerprint density at radius 3 is 2.46 bits per heavy atom. The smallest absolute Gasteiger partial charge is 0.340 e. The molecule has 126 valence electrons. The summed E-state index contributed by atoms with van der Waals surface area (Å²) in [7, 11) is 1.71. The van der Waals surface area contributed by atoms with E-state index in [1.165, 1.54) is 0 Å². The summed E-state index contributed by atoms with van der Waals surface area (Å²) in [5.41, 5.74) is 1.95. The molecule has 0 aromatic heterocycles. The van der Waals surface area contributed by atoms with E-state index in [4.69, 9.17) is 16.3 Å². The fraction of sp³-hybridized carbons (Fsp3) is 0.222. The lowest BCUT2D eigenvalue weighted by Gasteiger charge is -2.15. The number of amides is 1. The number of benzene rings is 2. The number of nitrogens with one attached hydrogen (secondary N) is 2. The van der Waals surface area contributed by atoms with Gasteiger partial charge in [-0.3, -0.25) is 4.79 Å². The number of ether oxygens (including phenoxy) is 1. The number of carbonyl (C=O) groups is 2. The molecule has 0 saturated heterocycles. The van der Waals surface area contributed by atoms with Gasteiger partial charge in [0.1, 0.15) is 0 Å². The quantitative estimate of drug-likeness (QED) is 0.786. The molecule has 2 rings (SSSR count). The predicted octanol–water partition coefficient (Wildman–Crippen LogP) is 3.42. The zero-order chi connectivity index (χ0) is 17.5. The summed E-state index contributed by atoms with van der Waals surface area (Å²) in [4.78, 5) is 24.0. The van der Waals surface area contributed by atoms with E-state index in [9.17, 15) is 9.59 Å². The second-order valence-corrected chi connectivity index (χ2v) is 5.65. The van der Waals surface area contributed by atoms with Crippen LogP contribution >= 0.6 is 11.6 Å². The highest BCUT2D eigenvalue weighted by Gasteiger charge is 2.15. The van der Waals surface area contributed by atoms with Crippen LogP contribution in [0.15, 0.2) is 48.5 Å². The zero-order valence-electron chi connectivity index (χ0n) is 13.5. The third-order valence-electron chi connectivity index (χ3n) is 3.50. The van der Waals surface area contributed by atoms with Crippen LogP contribution < -0.4 is 10.6 Å². The molecule has 0 bridgehead atoms.